The molecule has 0 aliphatic carbocycles. The van der Waals surface area contributed by atoms with Crippen molar-refractivity contribution in [3.05, 3.63) is 0 Å². The highest BCUT2D eigenvalue weighted by Gasteiger charge is 2.21. The van der Waals surface area contributed by atoms with Crippen LogP contribution in [-0.2, 0) is 9.09 Å². The summed E-state index contributed by atoms with van der Waals surface area (Å²) in [5.74, 6) is 0.535. The molecule has 0 heterocycles. The molecule has 0 aliphatic heterocycles. The topological polar surface area (TPSA) is 66.8 Å². The first-order valence-electron chi connectivity index (χ1n) is 7.09. The molecule has 0 saturated carbocycles. The Labute approximate surface area is 111 Å². The van der Waals surface area contributed by atoms with E-state index in [4.69, 9.17) is 14.3 Å². The van der Waals surface area contributed by atoms with Crippen LogP contribution < -0.4 is 0 Å². The van der Waals surface area contributed by atoms with Gasteiger partial charge in [0.05, 0.1) is 6.10 Å². The summed E-state index contributed by atoms with van der Waals surface area (Å²) in [5.41, 5.74) is 0. The number of phosphoric ester groups is 1. The molecule has 18 heavy (non-hydrogen) atoms. The molecule has 0 aliphatic rings. The Balaban J connectivity index is 3.93. The molecule has 0 aromatic carbocycles. The summed E-state index contributed by atoms with van der Waals surface area (Å²) in [6.07, 6.45) is 7.88. The number of unbranched alkanes of at least 4 members (excludes halogenated alkanes) is 4. The van der Waals surface area contributed by atoms with E-state index in [0.717, 1.165) is 32.1 Å². The van der Waals surface area contributed by atoms with Gasteiger partial charge in [-0.1, -0.05) is 52.9 Å². The van der Waals surface area contributed by atoms with Gasteiger partial charge in [0.15, 0.2) is 0 Å². The Kier molecular flexibility index (Phi) is 10.0. The third kappa shape index (κ3) is 12.6. The summed E-state index contributed by atoms with van der Waals surface area (Å²) >= 11 is 0. The van der Waals surface area contributed by atoms with E-state index in [2.05, 4.69) is 20.8 Å². The molecule has 0 amide bonds. The van der Waals surface area contributed by atoms with Crippen molar-refractivity contribution < 1.29 is 18.9 Å². The van der Waals surface area contributed by atoms with Crippen LogP contribution in [0, 0.1) is 5.92 Å². The molecule has 0 aromatic heterocycles. The highest BCUT2D eigenvalue weighted by Crippen LogP contribution is 2.39. The van der Waals surface area contributed by atoms with Crippen molar-refractivity contribution >= 4 is 7.82 Å². The zero-order valence-electron chi connectivity index (χ0n) is 12.0. The molecule has 5 heteroatoms. The number of hydrogen-bond donors (Lipinski definition) is 2. The minimum Gasteiger partial charge on any atom is -0.303 e. The smallest absolute Gasteiger partial charge is 0.303 e. The zero-order valence-corrected chi connectivity index (χ0v) is 12.9. The predicted molar refractivity (Wildman–Crippen MR) is 74.4 cm³/mol. The average Bonchev–Trinajstić information content (AvgIpc) is 2.23. The average molecular weight is 280 g/mol. The zero-order chi connectivity index (χ0) is 14.0. The van der Waals surface area contributed by atoms with Gasteiger partial charge in [-0.15, -0.1) is 0 Å². The fourth-order valence-electron chi connectivity index (χ4n) is 1.94. The van der Waals surface area contributed by atoms with Gasteiger partial charge in [0.2, 0.25) is 0 Å². The first-order chi connectivity index (χ1) is 8.35. The van der Waals surface area contributed by atoms with E-state index in [-0.39, 0.29) is 6.10 Å². The van der Waals surface area contributed by atoms with Crippen LogP contribution in [-0.4, -0.2) is 15.9 Å². The quantitative estimate of drug-likeness (QED) is 0.438. The largest absolute Gasteiger partial charge is 0.469 e. The lowest BCUT2D eigenvalue weighted by Gasteiger charge is -2.19. The summed E-state index contributed by atoms with van der Waals surface area (Å²) in [4.78, 5) is 17.8. The van der Waals surface area contributed by atoms with E-state index in [1.54, 1.807) is 0 Å². The van der Waals surface area contributed by atoms with Crippen molar-refractivity contribution in [3.63, 3.8) is 0 Å². The molecular weight excluding hydrogens is 251 g/mol. The molecule has 0 aromatic rings. The molecule has 1 unspecified atom stereocenters. The van der Waals surface area contributed by atoms with Gasteiger partial charge in [0.25, 0.3) is 0 Å². The minimum atomic E-state index is -4.34. The standard InChI is InChI=1S/C13H29O4P/c1-4-5-6-7-8-9-13(11-10-12(2)3)17-18(14,15)16/h12-13H,4-11H2,1-3H3,(H2,14,15,16). The Hall–Kier alpha value is 0.110. The maximum Gasteiger partial charge on any atom is 0.469 e. The number of rotatable bonds is 11. The van der Waals surface area contributed by atoms with Crippen LogP contribution in [0.2, 0.25) is 0 Å². The first kappa shape index (κ1) is 18.1. The fraction of sp³-hybridized carbons (Fsp3) is 1.00. The predicted octanol–water partition coefficient (Wildman–Crippen LogP) is 4.26. The van der Waals surface area contributed by atoms with Crippen molar-refractivity contribution in [2.24, 2.45) is 5.92 Å². The van der Waals surface area contributed by atoms with E-state index >= 15 is 0 Å². The lowest BCUT2D eigenvalue weighted by Crippen LogP contribution is -2.12. The molecule has 0 saturated heterocycles. The van der Waals surface area contributed by atoms with Gasteiger partial charge in [-0.05, 0) is 25.2 Å². The van der Waals surface area contributed by atoms with Crippen LogP contribution >= 0.6 is 7.82 Å². The van der Waals surface area contributed by atoms with Crippen LogP contribution in [0.25, 0.3) is 0 Å². The van der Waals surface area contributed by atoms with Crippen molar-refractivity contribution in [3.8, 4) is 0 Å². The SMILES string of the molecule is CCCCCCCC(CCC(C)C)OP(=O)(O)O. The van der Waals surface area contributed by atoms with Crippen molar-refractivity contribution in [1.29, 1.82) is 0 Å². The Morgan fingerprint density at radius 2 is 1.61 bits per heavy atom. The Morgan fingerprint density at radius 3 is 2.11 bits per heavy atom. The summed E-state index contributed by atoms with van der Waals surface area (Å²) in [6.45, 7) is 6.38. The number of phosphoric acid groups is 1. The molecular formula is C13H29O4P. The molecule has 0 rings (SSSR count). The van der Waals surface area contributed by atoms with Gasteiger partial charge in [-0.2, -0.15) is 0 Å². The molecule has 4 nitrogen and oxygen atoms in total. The van der Waals surface area contributed by atoms with Crippen molar-refractivity contribution in [1.82, 2.24) is 0 Å². The van der Waals surface area contributed by atoms with Gasteiger partial charge in [-0.3, -0.25) is 4.52 Å². The summed E-state index contributed by atoms with van der Waals surface area (Å²) < 4.78 is 15.8. The Morgan fingerprint density at radius 1 is 1.00 bits per heavy atom. The summed E-state index contributed by atoms with van der Waals surface area (Å²) in [6, 6.07) is 0. The maximum absolute atomic E-state index is 10.9. The first-order valence-corrected chi connectivity index (χ1v) is 8.62. The van der Waals surface area contributed by atoms with Crippen LogP contribution in [0.5, 0.6) is 0 Å². The van der Waals surface area contributed by atoms with Crippen LogP contribution in [0.15, 0.2) is 0 Å². The highest BCUT2D eigenvalue weighted by molar-refractivity contribution is 7.46. The minimum absolute atomic E-state index is 0.296. The second-order valence-corrected chi connectivity index (χ2v) is 6.58. The maximum atomic E-state index is 10.9. The second-order valence-electron chi connectivity index (χ2n) is 5.39. The van der Waals surface area contributed by atoms with Gasteiger partial charge in [0.1, 0.15) is 0 Å². The Bertz CT molecular complexity index is 237. The normalized spacial score (nSPS) is 14.1. The summed E-state index contributed by atoms with van der Waals surface area (Å²) in [5, 5.41) is 0. The van der Waals surface area contributed by atoms with Gasteiger partial charge < -0.3 is 9.79 Å². The lowest BCUT2D eigenvalue weighted by atomic mass is 10.0. The van der Waals surface area contributed by atoms with Crippen LogP contribution in [0.3, 0.4) is 0 Å². The molecule has 0 bridgehead atoms. The highest BCUT2D eigenvalue weighted by atomic mass is 31.2. The third-order valence-electron chi connectivity index (χ3n) is 2.98. The van der Waals surface area contributed by atoms with E-state index in [0.29, 0.717) is 5.92 Å². The van der Waals surface area contributed by atoms with E-state index < -0.39 is 7.82 Å². The second kappa shape index (κ2) is 9.96. The molecule has 2 N–H and O–H groups in total. The lowest BCUT2D eigenvalue weighted by molar-refractivity contribution is 0.113. The van der Waals surface area contributed by atoms with Crippen molar-refractivity contribution in [2.45, 2.75) is 78.2 Å². The van der Waals surface area contributed by atoms with E-state index in [9.17, 15) is 4.57 Å². The molecule has 1 atom stereocenters. The van der Waals surface area contributed by atoms with E-state index in [1.807, 2.05) is 0 Å². The molecule has 0 fully saturated rings. The van der Waals surface area contributed by atoms with Crippen molar-refractivity contribution in [2.75, 3.05) is 0 Å². The number of hydrogen-bond acceptors (Lipinski definition) is 2. The van der Waals surface area contributed by atoms with Gasteiger partial charge >= 0.3 is 7.82 Å². The summed E-state index contributed by atoms with van der Waals surface area (Å²) in [7, 11) is -4.34. The molecule has 110 valence electrons. The fourth-order valence-corrected chi connectivity index (χ4v) is 2.54. The third-order valence-corrected chi connectivity index (χ3v) is 3.55. The van der Waals surface area contributed by atoms with Crippen LogP contribution in [0.1, 0.15) is 72.1 Å². The van der Waals surface area contributed by atoms with Crippen LogP contribution in [0.4, 0.5) is 0 Å². The van der Waals surface area contributed by atoms with Gasteiger partial charge in [0, 0.05) is 0 Å². The molecule has 0 spiro atoms. The molecule has 0 radical (unpaired) electrons. The monoisotopic (exact) mass is 280 g/mol. The van der Waals surface area contributed by atoms with E-state index in [1.165, 1.54) is 19.3 Å². The van der Waals surface area contributed by atoms with Gasteiger partial charge in [-0.25, -0.2) is 4.57 Å².